The summed E-state index contributed by atoms with van der Waals surface area (Å²) in [5.41, 5.74) is -10.9. The van der Waals surface area contributed by atoms with Crippen molar-refractivity contribution >= 4 is 33.2 Å². The Bertz CT molecular complexity index is 1220. The van der Waals surface area contributed by atoms with Crippen LogP contribution in [-0.2, 0) is 5.67 Å². The van der Waals surface area contributed by atoms with Crippen molar-refractivity contribution in [1.82, 2.24) is 0 Å². The zero-order valence-corrected chi connectivity index (χ0v) is 18.4. The molecule has 0 saturated carbocycles. The van der Waals surface area contributed by atoms with Crippen LogP contribution in [0.25, 0.3) is 0 Å². The number of aryl methyl sites for hydroxylation is 1. The minimum absolute atomic E-state index is 0.00299. The van der Waals surface area contributed by atoms with Gasteiger partial charge in [0.1, 0.15) is 11.6 Å². The Balaban J connectivity index is 2.58. The number of carbonyl (C=O) groups excluding carboxylic acids is 1. The fraction of sp³-hybridized carbons (Fsp3) is 0.263. The van der Waals surface area contributed by atoms with Crippen molar-refractivity contribution in [2.75, 3.05) is 5.32 Å². The number of anilines is 1. The van der Waals surface area contributed by atoms with E-state index < -0.39 is 72.9 Å². The van der Waals surface area contributed by atoms with Gasteiger partial charge in [-0.05, 0) is 46.6 Å². The number of nitrogens with zero attached hydrogens (tertiary/aromatic N) is 2. The Morgan fingerprint density at radius 1 is 1.03 bits per heavy atom. The van der Waals surface area contributed by atoms with Crippen molar-refractivity contribution < 1.29 is 49.2 Å². The van der Waals surface area contributed by atoms with Crippen molar-refractivity contribution in [2.45, 2.75) is 30.9 Å². The van der Waals surface area contributed by atoms with Crippen molar-refractivity contribution in [3.05, 3.63) is 67.2 Å². The molecule has 1 unspecified atom stereocenters. The highest BCUT2D eigenvalue weighted by atomic mass is 79.9. The lowest BCUT2D eigenvalue weighted by Crippen LogP contribution is -2.59. The van der Waals surface area contributed by atoms with E-state index in [-0.39, 0.29) is 12.1 Å². The molecule has 0 radical (unpaired) electrons. The van der Waals surface area contributed by atoms with Gasteiger partial charge >= 0.3 is 23.9 Å². The van der Waals surface area contributed by atoms with Gasteiger partial charge in [-0.1, -0.05) is 6.07 Å². The Labute approximate surface area is 197 Å². The van der Waals surface area contributed by atoms with Gasteiger partial charge in [-0.25, -0.2) is 4.39 Å². The highest BCUT2D eigenvalue weighted by molar-refractivity contribution is 9.10. The number of nitro groups is 1. The molecule has 0 saturated heterocycles. The van der Waals surface area contributed by atoms with Crippen LogP contribution in [0.1, 0.15) is 27.0 Å². The van der Waals surface area contributed by atoms with E-state index in [1.165, 1.54) is 6.07 Å². The second-order valence-electron chi connectivity index (χ2n) is 6.93. The summed E-state index contributed by atoms with van der Waals surface area (Å²) in [7, 11) is 0. The molecule has 0 bridgehead atoms. The lowest BCUT2D eigenvalue weighted by molar-refractivity contribution is -0.389. The van der Waals surface area contributed by atoms with Crippen LogP contribution in [0.2, 0.25) is 0 Å². The quantitative estimate of drug-likeness (QED) is 0.242. The number of rotatable bonds is 5. The summed E-state index contributed by atoms with van der Waals surface area (Å²) in [5, 5.41) is 22.0. The van der Waals surface area contributed by atoms with Crippen LogP contribution in [0.3, 0.4) is 0 Å². The van der Waals surface area contributed by atoms with Gasteiger partial charge in [0.15, 0.2) is 0 Å². The van der Waals surface area contributed by atoms with Crippen molar-refractivity contribution in [2.24, 2.45) is 0 Å². The molecular formula is C19H9BrF9N3O3. The number of halogens is 10. The Morgan fingerprint density at radius 3 is 2.03 bits per heavy atom. The van der Waals surface area contributed by atoms with Crippen LogP contribution in [0.15, 0.2) is 34.8 Å². The number of amides is 1. The molecule has 0 aliphatic rings. The van der Waals surface area contributed by atoms with Gasteiger partial charge in [0.2, 0.25) is 0 Å². The topological polar surface area (TPSA) is 96.0 Å². The molecule has 0 spiro atoms. The normalized spacial score (nSPS) is 14.1. The van der Waals surface area contributed by atoms with Gasteiger partial charge in [0.05, 0.1) is 10.6 Å². The van der Waals surface area contributed by atoms with Crippen LogP contribution < -0.4 is 5.32 Å². The maximum Gasteiger partial charge on any atom is 0.457 e. The Kier molecular flexibility index (Phi) is 7.19. The molecule has 35 heavy (non-hydrogen) atoms. The third-order valence-electron chi connectivity index (χ3n) is 4.68. The molecule has 16 heteroatoms. The highest BCUT2D eigenvalue weighted by Gasteiger charge is 2.81. The van der Waals surface area contributed by atoms with E-state index in [9.17, 15) is 54.4 Å². The summed E-state index contributed by atoms with van der Waals surface area (Å²) in [5.74, 6) is -8.01. The summed E-state index contributed by atoms with van der Waals surface area (Å²) < 4.78 is 119. The average Bonchev–Trinajstić information content (AvgIpc) is 2.72. The van der Waals surface area contributed by atoms with Gasteiger partial charge < -0.3 is 5.32 Å². The number of alkyl halides is 9. The maximum absolute atomic E-state index is 14.7. The van der Waals surface area contributed by atoms with E-state index in [0.29, 0.717) is 6.07 Å². The number of nitriles is 1. The van der Waals surface area contributed by atoms with Crippen LogP contribution in [0.5, 0.6) is 0 Å². The second kappa shape index (κ2) is 9.02. The van der Waals surface area contributed by atoms with E-state index in [1.807, 2.05) is 0 Å². The molecule has 188 valence electrons. The first-order chi connectivity index (χ1) is 15.8. The van der Waals surface area contributed by atoms with Gasteiger partial charge in [-0.15, -0.1) is 0 Å². The number of nitrogens with one attached hydrogen (secondary N) is 1. The zero-order chi connectivity index (χ0) is 27.1. The first kappa shape index (κ1) is 27.9. The predicted molar refractivity (Wildman–Crippen MR) is 104 cm³/mol. The summed E-state index contributed by atoms with van der Waals surface area (Å²) >= 11 is 2.61. The molecule has 0 aromatic heterocycles. The van der Waals surface area contributed by atoms with Crippen molar-refractivity contribution in [1.29, 1.82) is 5.26 Å². The lowest BCUT2D eigenvalue weighted by atomic mass is 9.86. The molecule has 1 amide bonds. The molecule has 2 aromatic rings. The summed E-state index contributed by atoms with van der Waals surface area (Å²) in [6.07, 6.45) is -13.6. The number of nitro benzene ring substituents is 1. The molecule has 0 fully saturated rings. The summed E-state index contributed by atoms with van der Waals surface area (Å²) in [4.78, 5) is 22.5. The molecular weight excluding hydrogens is 569 g/mol. The molecule has 2 aromatic carbocycles. The second-order valence-corrected chi connectivity index (χ2v) is 7.79. The van der Waals surface area contributed by atoms with E-state index in [0.717, 1.165) is 19.1 Å². The Hall–Kier alpha value is -3.35. The number of carbonyl (C=O) groups is 1. The minimum atomic E-state index is -6.91. The molecule has 1 N–H and O–H groups in total. The number of benzene rings is 2. The lowest BCUT2D eigenvalue weighted by Gasteiger charge is -2.36. The SMILES string of the molecule is Cc1cc(C(F)(C(F)(F)F)C(F)(F)C(F)(F)F)cc(Br)c1NC(=O)c1ccc(C#N)c([N+](=O)[O-])c1. The van der Waals surface area contributed by atoms with E-state index in [1.54, 1.807) is 0 Å². The number of hydrogen-bond donors (Lipinski definition) is 1. The predicted octanol–water partition coefficient (Wildman–Crippen LogP) is 6.71. The molecule has 6 nitrogen and oxygen atoms in total. The molecule has 0 aliphatic carbocycles. The van der Waals surface area contributed by atoms with E-state index in [2.05, 4.69) is 21.2 Å². The molecule has 0 heterocycles. The maximum atomic E-state index is 14.7. The first-order valence-electron chi connectivity index (χ1n) is 8.80. The monoisotopic (exact) mass is 577 g/mol. The van der Waals surface area contributed by atoms with Crippen LogP contribution in [0.4, 0.5) is 50.9 Å². The van der Waals surface area contributed by atoms with Crippen molar-refractivity contribution in [3.8, 4) is 6.07 Å². The van der Waals surface area contributed by atoms with Crippen LogP contribution in [-0.4, -0.2) is 29.1 Å². The zero-order valence-electron chi connectivity index (χ0n) is 16.8. The first-order valence-corrected chi connectivity index (χ1v) is 9.59. The third-order valence-corrected chi connectivity index (χ3v) is 5.31. The van der Waals surface area contributed by atoms with Crippen LogP contribution in [0, 0.1) is 28.4 Å². The smallest absolute Gasteiger partial charge is 0.321 e. The van der Waals surface area contributed by atoms with Gasteiger partial charge in [0.25, 0.3) is 11.6 Å². The number of hydrogen-bond acceptors (Lipinski definition) is 4. The molecule has 0 aliphatic heterocycles. The van der Waals surface area contributed by atoms with Crippen molar-refractivity contribution in [3.63, 3.8) is 0 Å². The minimum Gasteiger partial charge on any atom is -0.321 e. The van der Waals surface area contributed by atoms with Gasteiger partial charge in [0, 0.05) is 21.7 Å². The average molecular weight is 578 g/mol. The third kappa shape index (κ3) is 4.77. The summed E-state index contributed by atoms with van der Waals surface area (Å²) in [6, 6.07) is 4.18. The van der Waals surface area contributed by atoms with Gasteiger partial charge in [-0.3, -0.25) is 14.9 Å². The van der Waals surface area contributed by atoms with Gasteiger partial charge in [-0.2, -0.15) is 40.4 Å². The van der Waals surface area contributed by atoms with E-state index >= 15 is 0 Å². The fourth-order valence-corrected chi connectivity index (χ4v) is 3.58. The highest BCUT2D eigenvalue weighted by Crippen LogP contribution is 2.58. The van der Waals surface area contributed by atoms with Crippen LogP contribution >= 0.6 is 15.9 Å². The van der Waals surface area contributed by atoms with E-state index in [4.69, 9.17) is 5.26 Å². The Morgan fingerprint density at radius 2 is 1.60 bits per heavy atom. The molecule has 1 atom stereocenters. The summed E-state index contributed by atoms with van der Waals surface area (Å²) in [6.45, 7) is 0.883. The fourth-order valence-electron chi connectivity index (χ4n) is 2.92. The molecule has 2 rings (SSSR count). The largest absolute Gasteiger partial charge is 0.457 e. The standard InChI is InChI=1S/C19H9BrF9N3O3/c1-8-4-11(16(21,18(24,25)26)17(22,23)19(27,28)29)6-12(20)14(8)31-15(33)9-2-3-10(7-30)13(5-9)32(34)35/h2-6H,1H3,(H,31,33).